The van der Waals surface area contributed by atoms with Crippen LogP contribution >= 0.6 is 24.0 Å². The second-order valence-corrected chi connectivity index (χ2v) is 5.67. The SMILES string of the molecule is C=CCCCN(C)C(=NC)NCc1cccc(-c2ccccn2)c1.I. The van der Waals surface area contributed by atoms with E-state index < -0.39 is 0 Å². The van der Waals surface area contributed by atoms with Crippen LogP contribution in [0.3, 0.4) is 0 Å². The number of halogens is 1. The highest BCUT2D eigenvalue weighted by molar-refractivity contribution is 14.0. The van der Waals surface area contributed by atoms with E-state index in [0.717, 1.165) is 43.1 Å². The molecule has 0 fully saturated rings. The molecule has 2 rings (SSSR count). The number of aliphatic imine (C=N–C) groups is 1. The maximum atomic E-state index is 4.41. The van der Waals surface area contributed by atoms with E-state index in [1.807, 2.05) is 37.5 Å². The highest BCUT2D eigenvalue weighted by Gasteiger charge is 2.06. The zero-order chi connectivity index (χ0) is 17.2. The Balaban J connectivity index is 0.00000312. The van der Waals surface area contributed by atoms with Crippen molar-refractivity contribution in [1.29, 1.82) is 0 Å². The van der Waals surface area contributed by atoms with Crippen LogP contribution in [0.4, 0.5) is 0 Å². The molecule has 25 heavy (non-hydrogen) atoms. The van der Waals surface area contributed by atoms with Crippen LogP contribution in [0.1, 0.15) is 18.4 Å². The number of guanidine groups is 1. The van der Waals surface area contributed by atoms with E-state index in [0.29, 0.717) is 0 Å². The molecule has 5 heteroatoms. The van der Waals surface area contributed by atoms with Gasteiger partial charge in [0.25, 0.3) is 0 Å². The average Bonchev–Trinajstić information content (AvgIpc) is 2.63. The van der Waals surface area contributed by atoms with E-state index >= 15 is 0 Å². The van der Waals surface area contributed by atoms with Gasteiger partial charge < -0.3 is 10.2 Å². The number of pyridine rings is 1. The summed E-state index contributed by atoms with van der Waals surface area (Å²) >= 11 is 0. The summed E-state index contributed by atoms with van der Waals surface area (Å²) < 4.78 is 0. The molecule has 1 aromatic carbocycles. The third-order valence-electron chi connectivity index (χ3n) is 3.81. The molecule has 134 valence electrons. The molecule has 2 aromatic rings. The molecular weight excluding hydrogens is 423 g/mol. The largest absolute Gasteiger partial charge is 0.352 e. The molecule has 0 saturated carbocycles. The van der Waals surface area contributed by atoms with Gasteiger partial charge in [0.05, 0.1) is 5.69 Å². The Morgan fingerprint density at radius 3 is 2.80 bits per heavy atom. The Bertz CT molecular complexity index is 670. The van der Waals surface area contributed by atoms with Gasteiger partial charge in [-0.1, -0.05) is 30.3 Å². The van der Waals surface area contributed by atoms with Crippen LogP contribution in [0.25, 0.3) is 11.3 Å². The smallest absolute Gasteiger partial charge is 0.193 e. The summed E-state index contributed by atoms with van der Waals surface area (Å²) in [6, 6.07) is 14.4. The normalized spacial score (nSPS) is 10.7. The fourth-order valence-corrected chi connectivity index (χ4v) is 2.52. The van der Waals surface area contributed by atoms with Gasteiger partial charge >= 0.3 is 0 Å². The van der Waals surface area contributed by atoms with Gasteiger partial charge in [0.15, 0.2) is 5.96 Å². The van der Waals surface area contributed by atoms with Gasteiger partial charge in [-0.25, -0.2) is 0 Å². The first-order chi connectivity index (χ1) is 11.7. The van der Waals surface area contributed by atoms with Crippen LogP contribution in [0, 0.1) is 0 Å². The predicted octanol–water partition coefficient (Wildman–Crippen LogP) is 4.34. The van der Waals surface area contributed by atoms with Gasteiger partial charge in [-0.2, -0.15) is 0 Å². The number of unbranched alkanes of at least 4 members (excludes halogenated alkanes) is 1. The van der Waals surface area contributed by atoms with E-state index in [2.05, 4.69) is 58.1 Å². The quantitative estimate of drug-likeness (QED) is 0.224. The number of nitrogens with one attached hydrogen (secondary N) is 1. The third kappa shape index (κ3) is 6.86. The van der Waals surface area contributed by atoms with Crippen molar-refractivity contribution in [3.8, 4) is 11.3 Å². The fourth-order valence-electron chi connectivity index (χ4n) is 2.52. The highest BCUT2D eigenvalue weighted by Crippen LogP contribution is 2.17. The van der Waals surface area contributed by atoms with Crippen LogP contribution in [0.2, 0.25) is 0 Å². The van der Waals surface area contributed by atoms with Crippen LogP contribution in [0.15, 0.2) is 66.3 Å². The van der Waals surface area contributed by atoms with Crippen molar-refractivity contribution in [2.45, 2.75) is 19.4 Å². The molecule has 0 spiro atoms. The van der Waals surface area contributed by atoms with E-state index in [9.17, 15) is 0 Å². The zero-order valence-corrected chi connectivity index (χ0v) is 17.3. The van der Waals surface area contributed by atoms with Gasteiger partial charge in [-0.15, -0.1) is 30.6 Å². The summed E-state index contributed by atoms with van der Waals surface area (Å²) in [5.74, 6) is 0.905. The lowest BCUT2D eigenvalue weighted by molar-refractivity contribution is 0.470. The van der Waals surface area contributed by atoms with Gasteiger partial charge in [0, 0.05) is 38.9 Å². The monoisotopic (exact) mass is 450 g/mol. The highest BCUT2D eigenvalue weighted by atomic mass is 127. The minimum Gasteiger partial charge on any atom is -0.352 e. The zero-order valence-electron chi connectivity index (χ0n) is 15.0. The molecule has 0 radical (unpaired) electrons. The second kappa shape index (κ2) is 11.6. The van der Waals surface area contributed by atoms with Crippen molar-refractivity contribution >= 4 is 29.9 Å². The topological polar surface area (TPSA) is 40.5 Å². The molecule has 1 aromatic heterocycles. The molecule has 0 atom stereocenters. The number of aromatic nitrogens is 1. The third-order valence-corrected chi connectivity index (χ3v) is 3.81. The lowest BCUT2D eigenvalue weighted by Crippen LogP contribution is -2.38. The van der Waals surface area contributed by atoms with Gasteiger partial charge in [-0.05, 0) is 36.6 Å². The lowest BCUT2D eigenvalue weighted by atomic mass is 10.1. The molecule has 4 nitrogen and oxygen atoms in total. The average molecular weight is 450 g/mol. The molecule has 0 aliphatic heterocycles. The number of benzene rings is 1. The van der Waals surface area contributed by atoms with Gasteiger partial charge in [0.1, 0.15) is 0 Å². The number of allylic oxidation sites excluding steroid dienone is 1. The molecule has 0 bridgehead atoms. The molecule has 1 N–H and O–H groups in total. The Labute approximate surface area is 168 Å². The number of nitrogens with zero attached hydrogens (tertiary/aromatic N) is 3. The molecule has 0 aliphatic rings. The summed E-state index contributed by atoms with van der Waals surface area (Å²) in [4.78, 5) is 10.9. The number of hydrogen-bond donors (Lipinski definition) is 1. The van der Waals surface area contributed by atoms with E-state index in [-0.39, 0.29) is 24.0 Å². The van der Waals surface area contributed by atoms with Crippen molar-refractivity contribution in [1.82, 2.24) is 15.2 Å². The van der Waals surface area contributed by atoms with Crippen LogP contribution < -0.4 is 5.32 Å². The standard InChI is InChI=1S/C20H26N4.HI/c1-4-5-8-14-24(3)20(21-2)23-16-17-10-9-11-18(15-17)19-12-6-7-13-22-19;/h4,6-7,9-13,15H,1,5,8,14,16H2,2-3H3,(H,21,23);1H. The molecule has 1 heterocycles. The fraction of sp³-hybridized carbons (Fsp3) is 0.300. The van der Waals surface area contributed by atoms with Crippen LogP contribution in [0.5, 0.6) is 0 Å². The molecule has 0 aliphatic carbocycles. The molecule has 0 amide bonds. The maximum Gasteiger partial charge on any atom is 0.193 e. The molecule has 0 saturated heterocycles. The Morgan fingerprint density at radius 1 is 1.28 bits per heavy atom. The number of hydrogen-bond acceptors (Lipinski definition) is 2. The maximum absolute atomic E-state index is 4.41. The molecular formula is C20H27IN4. The summed E-state index contributed by atoms with van der Waals surface area (Å²) in [5.41, 5.74) is 3.33. The predicted molar refractivity (Wildman–Crippen MR) is 117 cm³/mol. The summed E-state index contributed by atoms with van der Waals surface area (Å²) in [5, 5.41) is 3.42. The van der Waals surface area contributed by atoms with E-state index in [1.165, 1.54) is 5.56 Å². The van der Waals surface area contributed by atoms with Crippen molar-refractivity contribution in [3.63, 3.8) is 0 Å². The van der Waals surface area contributed by atoms with Crippen molar-refractivity contribution in [2.24, 2.45) is 4.99 Å². The van der Waals surface area contributed by atoms with E-state index in [4.69, 9.17) is 0 Å². The first kappa shape index (κ1) is 21.2. The summed E-state index contributed by atoms with van der Waals surface area (Å²) in [6.45, 7) is 5.46. The van der Waals surface area contributed by atoms with Crippen molar-refractivity contribution < 1.29 is 0 Å². The van der Waals surface area contributed by atoms with Crippen LogP contribution in [-0.2, 0) is 6.54 Å². The Kier molecular flexibility index (Phi) is 9.84. The minimum atomic E-state index is 0. The first-order valence-corrected chi connectivity index (χ1v) is 8.27. The lowest BCUT2D eigenvalue weighted by Gasteiger charge is -2.22. The Morgan fingerprint density at radius 2 is 2.12 bits per heavy atom. The second-order valence-electron chi connectivity index (χ2n) is 5.67. The summed E-state index contributed by atoms with van der Waals surface area (Å²) in [7, 11) is 3.87. The first-order valence-electron chi connectivity index (χ1n) is 8.27. The van der Waals surface area contributed by atoms with Crippen molar-refractivity contribution in [3.05, 3.63) is 66.9 Å². The minimum absolute atomic E-state index is 0. The number of rotatable bonds is 7. The van der Waals surface area contributed by atoms with E-state index in [1.54, 1.807) is 0 Å². The van der Waals surface area contributed by atoms with Crippen molar-refractivity contribution in [2.75, 3.05) is 20.6 Å². The van der Waals surface area contributed by atoms with Gasteiger partial charge in [-0.3, -0.25) is 9.98 Å². The van der Waals surface area contributed by atoms with Gasteiger partial charge in [0.2, 0.25) is 0 Å². The Hall–Kier alpha value is -1.89. The molecule has 0 unspecified atom stereocenters. The summed E-state index contributed by atoms with van der Waals surface area (Å²) in [6.07, 6.45) is 5.87. The van der Waals surface area contributed by atoms with Crippen LogP contribution in [-0.4, -0.2) is 36.5 Å².